The molecule has 0 atom stereocenters. The van der Waals surface area contributed by atoms with Gasteiger partial charge in [-0.1, -0.05) is 37.1 Å². The molecule has 0 saturated heterocycles. The highest BCUT2D eigenvalue weighted by atomic mass is 32.2. The predicted molar refractivity (Wildman–Crippen MR) is 117 cm³/mol. The Balaban J connectivity index is 1.40. The van der Waals surface area contributed by atoms with Crippen molar-refractivity contribution >= 4 is 23.1 Å². The van der Waals surface area contributed by atoms with Crippen LogP contribution >= 0.6 is 23.1 Å². The van der Waals surface area contributed by atoms with E-state index in [1.165, 1.54) is 37.0 Å². The molecule has 0 amide bonds. The number of nitriles is 1. The molecule has 0 unspecified atom stereocenters. The lowest BCUT2D eigenvalue weighted by Gasteiger charge is -2.25. The Hall–Kier alpha value is -2.30. The maximum Gasteiger partial charge on any atom is 0.191 e. The Morgan fingerprint density at radius 3 is 2.69 bits per heavy atom. The van der Waals surface area contributed by atoms with Gasteiger partial charge in [-0.15, -0.1) is 21.5 Å². The first-order valence-corrected chi connectivity index (χ1v) is 11.9. The van der Waals surface area contributed by atoms with Crippen LogP contribution in [-0.4, -0.2) is 27.1 Å². The minimum absolute atomic E-state index is 0.510. The van der Waals surface area contributed by atoms with Gasteiger partial charge in [-0.2, -0.15) is 5.26 Å². The van der Waals surface area contributed by atoms with Crippen LogP contribution in [0.4, 0.5) is 0 Å². The number of benzene rings is 1. The van der Waals surface area contributed by atoms with E-state index in [2.05, 4.69) is 38.3 Å². The number of hydrogen-bond acceptors (Lipinski definition) is 6. The third kappa shape index (κ3) is 5.20. The first kappa shape index (κ1) is 20.0. The molecular formula is C22H24N4OS2. The standard InChI is InChI=1S/C22H24N4OS2/c23-16-17-8-10-19(11-9-17)27-12-14-29-22-25-24-21(15-20-7-4-13-28-20)26(22)18-5-2-1-3-6-18/h4,7-11,13,18H,1-3,5-6,12,14-15H2. The maximum absolute atomic E-state index is 8.88. The van der Waals surface area contributed by atoms with Crippen LogP contribution in [0.2, 0.25) is 0 Å². The Labute approximate surface area is 179 Å². The van der Waals surface area contributed by atoms with Gasteiger partial charge in [-0.3, -0.25) is 0 Å². The van der Waals surface area contributed by atoms with Gasteiger partial charge >= 0.3 is 0 Å². The molecule has 1 aliphatic rings. The predicted octanol–water partition coefficient (Wildman–Crippen LogP) is 5.48. The minimum Gasteiger partial charge on any atom is -0.493 e. The summed E-state index contributed by atoms with van der Waals surface area (Å²) in [5, 5.41) is 21.1. The van der Waals surface area contributed by atoms with Crippen LogP contribution in [0.5, 0.6) is 5.75 Å². The fraction of sp³-hybridized carbons (Fsp3) is 0.409. The summed E-state index contributed by atoms with van der Waals surface area (Å²) in [6.45, 7) is 0.592. The van der Waals surface area contributed by atoms with Gasteiger partial charge in [0, 0.05) is 23.1 Å². The average Bonchev–Trinajstić information content (AvgIpc) is 3.42. The Morgan fingerprint density at radius 2 is 1.97 bits per heavy atom. The number of aromatic nitrogens is 3. The van der Waals surface area contributed by atoms with Crippen LogP contribution in [0, 0.1) is 11.3 Å². The topological polar surface area (TPSA) is 63.7 Å². The van der Waals surface area contributed by atoms with E-state index in [1.807, 2.05) is 12.1 Å². The SMILES string of the molecule is N#Cc1ccc(OCCSc2nnc(Cc3cccs3)n2C2CCCCC2)cc1. The van der Waals surface area contributed by atoms with Crippen LogP contribution in [0.25, 0.3) is 0 Å². The first-order valence-electron chi connectivity index (χ1n) is 10.1. The first-order chi connectivity index (χ1) is 14.3. The van der Waals surface area contributed by atoms with Crippen LogP contribution in [0.1, 0.15) is 54.4 Å². The van der Waals surface area contributed by atoms with E-state index in [-0.39, 0.29) is 0 Å². The molecule has 0 bridgehead atoms. The van der Waals surface area contributed by atoms with Gasteiger partial charge in [-0.25, -0.2) is 0 Å². The second-order valence-electron chi connectivity index (χ2n) is 7.15. The molecule has 150 valence electrons. The number of hydrogen-bond donors (Lipinski definition) is 0. The van der Waals surface area contributed by atoms with Gasteiger partial charge in [-0.05, 0) is 48.6 Å². The monoisotopic (exact) mass is 424 g/mol. The fourth-order valence-corrected chi connectivity index (χ4v) is 5.26. The second kappa shape index (κ2) is 9.95. The van der Waals surface area contributed by atoms with Crippen molar-refractivity contribution in [3.8, 4) is 11.8 Å². The molecule has 1 saturated carbocycles. The molecule has 5 nitrogen and oxygen atoms in total. The highest BCUT2D eigenvalue weighted by molar-refractivity contribution is 7.99. The Kier molecular flexibility index (Phi) is 6.86. The zero-order chi connectivity index (χ0) is 19.9. The largest absolute Gasteiger partial charge is 0.493 e. The summed E-state index contributed by atoms with van der Waals surface area (Å²) in [6, 6.07) is 14.1. The molecule has 1 aliphatic carbocycles. The van der Waals surface area contributed by atoms with Crippen molar-refractivity contribution in [1.29, 1.82) is 5.26 Å². The molecule has 3 aromatic rings. The average molecular weight is 425 g/mol. The normalized spacial score (nSPS) is 14.6. The molecule has 2 heterocycles. The number of rotatable bonds is 8. The van der Waals surface area contributed by atoms with E-state index in [4.69, 9.17) is 10.00 Å². The zero-order valence-corrected chi connectivity index (χ0v) is 17.9. The minimum atomic E-state index is 0.510. The molecule has 0 aliphatic heterocycles. The van der Waals surface area contributed by atoms with E-state index in [0.29, 0.717) is 18.2 Å². The van der Waals surface area contributed by atoms with Crippen molar-refractivity contribution < 1.29 is 4.74 Å². The summed E-state index contributed by atoms with van der Waals surface area (Å²) in [5.41, 5.74) is 0.644. The van der Waals surface area contributed by atoms with Crippen LogP contribution < -0.4 is 4.74 Å². The van der Waals surface area contributed by atoms with Crippen LogP contribution in [0.3, 0.4) is 0 Å². The van der Waals surface area contributed by atoms with E-state index in [0.717, 1.165) is 28.9 Å². The third-order valence-corrected chi connectivity index (χ3v) is 6.94. The van der Waals surface area contributed by atoms with E-state index in [1.54, 1.807) is 35.2 Å². The van der Waals surface area contributed by atoms with Crippen molar-refractivity contribution in [3.63, 3.8) is 0 Å². The third-order valence-electron chi connectivity index (χ3n) is 5.15. The Bertz CT molecular complexity index is 938. The number of thioether (sulfide) groups is 1. The molecule has 0 spiro atoms. The van der Waals surface area contributed by atoms with E-state index in [9.17, 15) is 0 Å². The van der Waals surface area contributed by atoms with Crippen molar-refractivity contribution in [2.75, 3.05) is 12.4 Å². The molecular weight excluding hydrogens is 400 g/mol. The molecule has 7 heteroatoms. The summed E-state index contributed by atoms with van der Waals surface area (Å²) in [6.07, 6.45) is 7.18. The van der Waals surface area contributed by atoms with E-state index >= 15 is 0 Å². The van der Waals surface area contributed by atoms with E-state index < -0.39 is 0 Å². The highest BCUT2D eigenvalue weighted by Gasteiger charge is 2.23. The van der Waals surface area contributed by atoms with Gasteiger partial charge in [0.15, 0.2) is 5.16 Å². The highest BCUT2D eigenvalue weighted by Crippen LogP contribution is 2.33. The summed E-state index contributed by atoms with van der Waals surface area (Å²) in [4.78, 5) is 1.33. The smallest absolute Gasteiger partial charge is 0.191 e. The second-order valence-corrected chi connectivity index (χ2v) is 9.24. The van der Waals surface area contributed by atoms with Crippen molar-refractivity contribution in [1.82, 2.24) is 14.8 Å². The molecule has 0 N–H and O–H groups in total. The Morgan fingerprint density at radius 1 is 1.14 bits per heavy atom. The molecule has 29 heavy (non-hydrogen) atoms. The summed E-state index contributed by atoms with van der Waals surface area (Å²) < 4.78 is 8.21. The van der Waals surface area contributed by atoms with Crippen molar-refractivity contribution in [2.45, 2.75) is 49.7 Å². The van der Waals surface area contributed by atoms with Gasteiger partial charge in [0.25, 0.3) is 0 Å². The van der Waals surface area contributed by atoms with Crippen LogP contribution in [0.15, 0.2) is 46.9 Å². The zero-order valence-electron chi connectivity index (χ0n) is 16.3. The summed E-state index contributed by atoms with van der Waals surface area (Å²) in [5.74, 6) is 2.68. The molecule has 2 aromatic heterocycles. The summed E-state index contributed by atoms with van der Waals surface area (Å²) >= 11 is 3.49. The fourth-order valence-electron chi connectivity index (χ4n) is 3.72. The number of thiophene rings is 1. The molecule has 0 radical (unpaired) electrons. The van der Waals surface area contributed by atoms with Gasteiger partial charge in [0.2, 0.25) is 0 Å². The quantitative estimate of drug-likeness (QED) is 0.354. The lowest BCUT2D eigenvalue weighted by atomic mass is 9.95. The van der Waals surface area contributed by atoms with Crippen molar-refractivity contribution in [2.24, 2.45) is 0 Å². The number of ether oxygens (including phenoxy) is 1. The molecule has 1 fully saturated rings. The van der Waals surface area contributed by atoms with Gasteiger partial charge in [0.05, 0.1) is 18.2 Å². The van der Waals surface area contributed by atoms with Crippen LogP contribution in [-0.2, 0) is 6.42 Å². The lowest BCUT2D eigenvalue weighted by molar-refractivity contribution is 0.329. The van der Waals surface area contributed by atoms with Gasteiger partial charge in [0.1, 0.15) is 11.6 Å². The summed E-state index contributed by atoms with van der Waals surface area (Å²) in [7, 11) is 0. The van der Waals surface area contributed by atoms with Crippen molar-refractivity contribution in [3.05, 3.63) is 58.0 Å². The lowest BCUT2D eigenvalue weighted by Crippen LogP contribution is -2.17. The molecule has 1 aromatic carbocycles. The maximum atomic E-state index is 8.88. The molecule has 4 rings (SSSR count). The number of nitrogens with zero attached hydrogens (tertiary/aromatic N) is 4. The van der Waals surface area contributed by atoms with Gasteiger partial charge < -0.3 is 9.30 Å².